The van der Waals surface area contributed by atoms with Crippen LogP contribution in [0.15, 0.2) is 21.5 Å². The second kappa shape index (κ2) is 7.68. The van der Waals surface area contributed by atoms with Gasteiger partial charge in [0, 0.05) is 28.2 Å². The number of alkyl carbamates (subject to hydrolysis) is 1. The largest absolute Gasteiger partial charge is 0.444 e. The Bertz CT molecular complexity index is 714. The van der Waals surface area contributed by atoms with Crippen LogP contribution in [0, 0.1) is 0 Å². The third-order valence-electron chi connectivity index (χ3n) is 4.17. The highest BCUT2D eigenvalue weighted by Gasteiger charge is 2.29. The number of carbonyl (C=O) groups is 2. The fraction of sp³-hybridized carbons (Fsp3) is 0.556. The Balaban J connectivity index is 1.74. The van der Waals surface area contributed by atoms with Crippen LogP contribution in [0.3, 0.4) is 0 Å². The van der Waals surface area contributed by atoms with Crippen LogP contribution in [0.2, 0.25) is 0 Å². The molecule has 26 heavy (non-hydrogen) atoms. The molecule has 0 saturated carbocycles. The van der Waals surface area contributed by atoms with Gasteiger partial charge in [0.2, 0.25) is 5.91 Å². The Kier molecular flexibility index (Phi) is 5.72. The molecule has 0 bridgehead atoms. The molecule has 0 radical (unpaired) electrons. The Morgan fingerprint density at radius 1 is 1.35 bits per heavy atom. The van der Waals surface area contributed by atoms with E-state index in [4.69, 9.17) is 4.74 Å². The van der Waals surface area contributed by atoms with Gasteiger partial charge in [-0.2, -0.15) is 0 Å². The number of benzene rings is 1. The molecule has 2 amide bonds. The predicted molar refractivity (Wildman–Crippen MR) is 108 cm³/mol. The number of hydrogen-bond donors (Lipinski definition) is 2. The monoisotopic (exact) mass is 441 g/mol. The summed E-state index contributed by atoms with van der Waals surface area (Å²) in [5, 5.41) is 5.59. The first-order valence-corrected chi connectivity index (χ1v) is 10.5. The fourth-order valence-electron chi connectivity index (χ4n) is 2.99. The summed E-state index contributed by atoms with van der Waals surface area (Å²) in [6.45, 7) is 7.49. The van der Waals surface area contributed by atoms with Crippen molar-refractivity contribution in [3.8, 4) is 0 Å². The molecule has 1 aromatic carbocycles. The van der Waals surface area contributed by atoms with Gasteiger partial charge in [-0.15, -0.1) is 11.8 Å². The lowest BCUT2D eigenvalue weighted by molar-refractivity contribution is -0.117. The Morgan fingerprint density at radius 2 is 2.04 bits per heavy atom. The average molecular weight is 442 g/mol. The topological polar surface area (TPSA) is 70.7 Å². The molecule has 2 aliphatic rings. The quantitative estimate of drug-likeness (QED) is 0.725. The van der Waals surface area contributed by atoms with Crippen LogP contribution in [0.4, 0.5) is 16.2 Å². The third-order valence-corrected chi connectivity index (χ3v) is 5.95. The Hall–Kier alpha value is -1.41. The SMILES string of the molecule is CC(C)(C)OC(=O)N[C@H]1CSc2cc(N3CCCC3)c(Br)cc2NC1=O. The number of ether oxygens (including phenoxy) is 1. The molecule has 1 saturated heterocycles. The summed E-state index contributed by atoms with van der Waals surface area (Å²) in [7, 11) is 0. The molecule has 0 spiro atoms. The van der Waals surface area contributed by atoms with E-state index in [-0.39, 0.29) is 5.91 Å². The van der Waals surface area contributed by atoms with Gasteiger partial charge in [-0.3, -0.25) is 4.79 Å². The molecule has 1 fully saturated rings. The number of carbonyl (C=O) groups excluding carboxylic acids is 2. The van der Waals surface area contributed by atoms with Gasteiger partial charge in [-0.1, -0.05) is 0 Å². The van der Waals surface area contributed by atoms with Gasteiger partial charge >= 0.3 is 6.09 Å². The van der Waals surface area contributed by atoms with Gasteiger partial charge in [0.25, 0.3) is 0 Å². The van der Waals surface area contributed by atoms with Crippen molar-refractivity contribution in [1.29, 1.82) is 0 Å². The summed E-state index contributed by atoms with van der Waals surface area (Å²) in [5.74, 6) is 0.224. The van der Waals surface area contributed by atoms with E-state index in [1.165, 1.54) is 12.8 Å². The summed E-state index contributed by atoms with van der Waals surface area (Å²) < 4.78 is 6.23. The van der Waals surface area contributed by atoms with Crippen molar-refractivity contribution in [2.75, 3.05) is 29.1 Å². The van der Waals surface area contributed by atoms with Crippen molar-refractivity contribution in [2.45, 2.75) is 50.2 Å². The lowest BCUT2D eigenvalue weighted by Crippen LogP contribution is -2.46. The second-order valence-electron chi connectivity index (χ2n) is 7.49. The van der Waals surface area contributed by atoms with Crippen LogP contribution in [0.25, 0.3) is 0 Å². The molecule has 6 nitrogen and oxygen atoms in total. The number of fused-ring (bicyclic) bond motifs is 1. The minimum atomic E-state index is -0.642. The normalized spacial score (nSPS) is 20.2. The number of nitrogens with one attached hydrogen (secondary N) is 2. The van der Waals surface area contributed by atoms with Gasteiger partial charge in [-0.05, 0) is 61.7 Å². The molecule has 2 N–H and O–H groups in total. The molecule has 1 aromatic rings. The zero-order valence-electron chi connectivity index (χ0n) is 15.2. The molecule has 3 rings (SSSR count). The molecule has 0 aromatic heterocycles. The van der Waals surface area contributed by atoms with Crippen molar-refractivity contribution in [1.82, 2.24) is 5.32 Å². The maximum absolute atomic E-state index is 12.5. The van der Waals surface area contributed by atoms with Gasteiger partial charge < -0.3 is 20.3 Å². The van der Waals surface area contributed by atoms with Crippen molar-refractivity contribution < 1.29 is 14.3 Å². The Labute approximate surface area is 166 Å². The maximum atomic E-state index is 12.5. The maximum Gasteiger partial charge on any atom is 0.408 e. The summed E-state index contributed by atoms with van der Waals surface area (Å²) >= 11 is 5.19. The fourth-order valence-corrected chi connectivity index (χ4v) is 4.62. The predicted octanol–water partition coefficient (Wildman–Crippen LogP) is 3.99. The van der Waals surface area contributed by atoms with Crippen molar-refractivity contribution in [3.05, 3.63) is 16.6 Å². The molecular weight excluding hydrogens is 418 g/mol. The van der Waals surface area contributed by atoms with Crippen molar-refractivity contribution in [3.63, 3.8) is 0 Å². The van der Waals surface area contributed by atoms with Gasteiger partial charge in [0.15, 0.2) is 0 Å². The molecule has 2 aliphatic heterocycles. The molecular formula is C18H24BrN3O3S. The number of nitrogens with zero attached hydrogens (tertiary/aromatic N) is 1. The minimum Gasteiger partial charge on any atom is -0.444 e. The van der Waals surface area contributed by atoms with E-state index >= 15 is 0 Å². The number of hydrogen-bond acceptors (Lipinski definition) is 5. The highest BCUT2D eigenvalue weighted by atomic mass is 79.9. The van der Waals surface area contributed by atoms with Crippen LogP contribution in [0.5, 0.6) is 0 Å². The molecule has 142 valence electrons. The number of rotatable bonds is 2. The zero-order chi connectivity index (χ0) is 18.9. The first-order chi connectivity index (χ1) is 12.2. The molecule has 0 unspecified atom stereocenters. The molecule has 0 aliphatic carbocycles. The minimum absolute atomic E-state index is 0.233. The lowest BCUT2D eigenvalue weighted by atomic mass is 10.2. The molecule has 8 heteroatoms. The highest BCUT2D eigenvalue weighted by molar-refractivity contribution is 9.10. The van der Waals surface area contributed by atoms with Gasteiger partial charge in [-0.25, -0.2) is 4.79 Å². The van der Waals surface area contributed by atoms with Crippen LogP contribution in [0.1, 0.15) is 33.6 Å². The lowest BCUT2D eigenvalue weighted by Gasteiger charge is -2.22. The summed E-state index contributed by atoms with van der Waals surface area (Å²) in [6.07, 6.45) is 1.83. The second-order valence-corrected chi connectivity index (χ2v) is 9.41. The van der Waals surface area contributed by atoms with E-state index in [0.29, 0.717) is 5.75 Å². The zero-order valence-corrected chi connectivity index (χ0v) is 17.6. The smallest absolute Gasteiger partial charge is 0.408 e. The highest BCUT2D eigenvalue weighted by Crippen LogP contribution is 2.40. The van der Waals surface area contributed by atoms with Crippen molar-refractivity contribution in [2.24, 2.45) is 0 Å². The van der Waals surface area contributed by atoms with E-state index in [0.717, 1.165) is 33.8 Å². The number of anilines is 2. The number of amides is 2. The van der Waals surface area contributed by atoms with Gasteiger partial charge in [0.1, 0.15) is 11.6 Å². The van der Waals surface area contributed by atoms with E-state index in [1.54, 1.807) is 32.5 Å². The van der Waals surface area contributed by atoms with Crippen molar-refractivity contribution >= 4 is 51.1 Å². The summed E-state index contributed by atoms with van der Waals surface area (Å²) in [5.41, 5.74) is 1.32. The number of thioether (sulfide) groups is 1. The first kappa shape index (κ1) is 19.4. The summed E-state index contributed by atoms with van der Waals surface area (Å²) in [6, 6.07) is 3.42. The third kappa shape index (κ3) is 4.65. The summed E-state index contributed by atoms with van der Waals surface area (Å²) in [4.78, 5) is 27.9. The van der Waals surface area contributed by atoms with E-state index in [1.807, 2.05) is 6.07 Å². The van der Waals surface area contributed by atoms with Crippen LogP contribution in [-0.4, -0.2) is 42.5 Å². The van der Waals surface area contributed by atoms with Gasteiger partial charge in [0.05, 0.1) is 11.4 Å². The van der Waals surface area contributed by atoms with E-state index < -0.39 is 17.7 Å². The van der Waals surface area contributed by atoms with Crippen LogP contribution < -0.4 is 15.5 Å². The average Bonchev–Trinajstić information content (AvgIpc) is 3.00. The van der Waals surface area contributed by atoms with Crippen LogP contribution in [-0.2, 0) is 9.53 Å². The molecule has 2 heterocycles. The standard InChI is InChI=1S/C18H24BrN3O3S/c1-18(2,3)25-17(24)21-13-10-26-15-9-14(22-6-4-5-7-22)11(19)8-12(15)20-16(13)23/h8-9,13H,4-7,10H2,1-3H3,(H,20,23)(H,21,24)/t13-/m0/s1. The van der Waals surface area contributed by atoms with E-state index in [2.05, 4.69) is 37.5 Å². The molecule has 1 atom stereocenters. The number of halogens is 1. The van der Waals surface area contributed by atoms with Crippen LogP contribution >= 0.6 is 27.7 Å². The first-order valence-electron chi connectivity index (χ1n) is 8.74. The Morgan fingerprint density at radius 3 is 2.69 bits per heavy atom. The van der Waals surface area contributed by atoms with E-state index in [9.17, 15) is 9.59 Å².